The van der Waals surface area contributed by atoms with Gasteiger partial charge in [-0.25, -0.2) is 0 Å². The zero-order chi connectivity index (χ0) is 35.5. The summed E-state index contributed by atoms with van der Waals surface area (Å²) in [6.45, 7) is 16.6. The van der Waals surface area contributed by atoms with Crippen molar-refractivity contribution in [3.05, 3.63) is 83.4 Å². The molecule has 270 valence electrons. The number of hydrogen-bond donors (Lipinski definition) is 1. The van der Waals surface area contributed by atoms with Crippen LogP contribution in [0.5, 0.6) is 0 Å². The lowest BCUT2D eigenvalue weighted by Gasteiger charge is -2.50. The summed E-state index contributed by atoms with van der Waals surface area (Å²) in [4.78, 5) is 14.1. The van der Waals surface area contributed by atoms with E-state index in [1.54, 1.807) is 7.11 Å². The van der Waals surface area contributed by atoms with Crippen molar-refractivity contribution >= 4 is 14.1 Å². The monoisotopic (exact) mass is 694 g/mol. The van der Waals surface area contributed by atoms with Gasteiger partial charge in [0.25, 0.3) is 0 Å². The van der Waals surface area contributed by atoms with Crippen LogP contribution < -0.4 is 0 Å². The van der Waals surface area contributed by atoms with Crippen molar-refractivity contribution in [1.82, 2.24) is 0 Å². The van der Waals surface area contributed by atoms with E-state index >= 15 is 0 Å². The van der Waals surface area contributed by atoms with Crippen molar-refractivity contribution < 1.29 is 38.0 Å². The maximum Gasteiger partial charge on any atom is 0.191 e. The Kier molecular flexibility index (Phi) is 12.1. The SMILES string of the molecule is COCO[C@H]1C(=O)C(O)C[C@@H]([C@]2(OCc3ccccc3)CO[C@@H](c3ccccc3)OC2CCO[Si](C)(C)C(C)(C)C)/C=C2\CCC1C2(C)C. The van der Waals surface area contributed by atoms with Crippen molar-refractivity contribution in [3.8, 4) is 0 Å². The van der Waals surface area contributed by atoms with Crippen LogP contribution in [0.3, 0.4) is 0 Å². The highest BCUT2D eigenvalue weighted by molar-refractivity contribution is 6.74. The number of ketones is 1. The standard InChI is InChI=1S/C40H58O8Si/c1-38(2,3)49(7,8)47-22-21-34-40(46-25-28-15-11-9-12-16-28,26-44-37(48-34)29-17-13-10-14-18-29)31-23-30-19-20-32(39(30,4)5)36(45-27-43-6)35(42)33(41)24-31/h9-18,23,31-34,36-37,41H,19-22,24-27H2,1-8H3/b30-23+/t31-,32?,33?,34?,36+,37+,40+/m0/s1. The van der Waals surface area contributed by atoms with Gasteiger partial charge in [-0.05, 0) is 54.8 Å². The number of methoxy groups -OCH3 is 1. The minimum atomic E-state index is -2.07. The highest BCUT2D eigenvalue weighted by Gasteiger charge is 2.55. The summed E-state index contributed by atoms with van der Waals surface area (Å²) in [5.41, 5.74) is 1.80. The van der Waals surface area contributed by atoms with E-state index in [9.17, 15) is 9.90 Å². The van der Waals surface area contributed by atoms with Crippen LogP contribution in [-0.2, 0) is 39.5 Å². The smallest absolute Gasteiger partial charge is 0.191 e. The Labute approximate surface area is 294 Å². The topological polar surface area (TPSA) is 92.7 Å². The highest BCUT2D eigenvalue weighted by Crippen LogP contribution is 2.53. The number of carbonyl (C=O) groups is 1. The Hall–Kier alpha value is -2.21. The molecule has 49 heavy (non-hydrogen) atoms. The first kappa shape index (κ1) is 38.0. The van der Waals surface area contributed by atoms with E-state index in [4.69, 9.17) is 28.1 Å². The second-order valence-electron chi connectivity index (χ2n) is 16.1. The third-order valence-corrected chi connectivity index (χ3v) is 16.2. The van der Waals surface area contributed by atoms with Gasteiger partial charge in [0.2, 0.25) is 0 Å². The Bertz CT molecular complexity index is 1400. The van der Waals surface area contributed by atoms with Gasteiger partial charge < -0.3 is 33.2 Å². The summed E-state index contributed by atoms with van der Waals surface area (Å²) < 4.78 is 38.7. The zero-order valence-electron chi connectivity index (χ0n) is 30.8. The van der Waals surface area contributed by atoms with Crippen molar-refractivity contribution in [2.75, 3.05) is 27.1 Å². The number of ether oxygens (including phenoxy) is 5. The fraction of sp³-hybridized carbons (Fsp3) is 0.625. The molecule has 2 aromatic rings. The maximum absolute atomic E-state index is 14.1. The maximum atomic E-state index is 14.1. The molecule has 0 radical (unpaired) electrons. The van der Waals surface area contributed by atoms with Gasteiger partial charge in [0, 0.05) is 31.1 Å². The summed E-state index contributed by atoms with van der Waals surface area (Å²) >= 11 is 0. The number of Topliss-reactive ketones (excluding diaryl/α,β-unsaturated/α-hetero) is 1. The van der Waals surface area contributed by atoms with Gasteiger partial charge in [-0.15, -0.1) is 0 Å². The molecule has 0 aromatic heterocycles. The molecule has 2 bridgehead atoms. The van der Waals surface area contributed by atoms with Crippen LogP contribution >= 0.6 is 0 Å². The minimum Gasteiger partial charge on any atom is -0.417 e. The summed E-state index contributed by atoms with van der Waals surface area (Å²) in [6, 6.07) is 20.0. The first-order valence-electron chi connectivity index (χ1n) is 17.9. The summed E-state index contributed by atoms with van der Waals surface area (Å²) in [5.74, 6) is -0.808. The van der Waals surface area contributed by atoms with E-state index in [1.807, 2.05) is 60.7 Å². The third-order valence-electron chi connectivity index (χ3n) is 11.7. The van der Waals surface area contributed by atoms with Gasteiger partial charge in [0.05, 0.1) is 19.3 Å². The van der Waals surface area contributed by atoms with Crippen LogP contribution in [0.15, 0.2) is 72.3 Å². The lowest BCUT2D eigenvalue weighted by Crippen LogP contribution is -2.60. The fourth-order valence-electron chi connectivity index (χ4n) is 7.51. The summed E-state index contributed by atoms with van der Waals surface area (Å²) in [5, 5.41) is 11.8. The van der Waals surface area contributed by atoms with Crippen molar-refractivity contribution in [2.24, 2.45) is 17.3 Å². The van der Waals surface area contributed by atoms with Crippen LogP contribution in [0, 0.1) is 17.3 Å². The van der Waals surface area contributed by atoms with Crippen LogP contribution in [0.2, 0.25) is 18.1 Å². The van der Waals surface area contributed by atoms with Gasteiger partial charge in [0.15, 0.2) is 20.4 Å². The molecule has 1 saturated carbocycles. The molecule has 1 heterocycles. The Balaban J connectivity index is 1.58. The first-order chi connectivity index (χ1) is 23.2. The largest absolute Gasteiger partial charge is 0.417 e. The molecule has 1 N–H and O–H groups in total. The zero-order valence-corrected chi connectivity index (χ0v) is 31.8. The van der Waals surface area contributed by atoms with Crippen molar-refractivity contribution in [3.63, 3.8) is 0 Å². The molecule has 1 saturated heterocycles. The first-order valence-corrected chi connectivity index (χ1v) is 20.8. The van der Waals surface area contributed by atoms with Crippen LogP contribution in [0.4, 0.5) is 0 Å². The molecule has 0 amide bonds. The molecule has 2 fully saturated rings. The number of carbonyl (C=O) groups excluding carboxylic acids is 1. The fourth-order valence-corrected chi connectivity index (χ4v) is 8.57. The van der Waals surface area contributed by atoms with E-state index < -0.39 is 44.4 Å². The Morgan fingerprint density at radius 1 is 1.02 bits per heavy atom. The molecule has 3 unspecified atom stereocenters. The van der Waals surface area contributed by atoms with Gasteiger partial charge >= 0.3 is 0 Å². The predicted molar refractivity (Wildman–Crippen MR) is 192 cm³/mol. The lowest BCUT2D eigenvalue weighted by atomic mass is 9.73. The second-order valence-corrected chi connectivity index (χ2v) is 20.9. The van der Waals surface area contributed by atoms with Gasteiger partial charge in [-0.2, -0.15) is 0 Å². The summed E-state index contributed by atoms with van der Waals surface area (Å²) in [6.07, 6.45) is 1.48. The van der Waals surface area contributed by atoms with E-state index in [1.165, 1.54) is 5.57 Å². The number of rotatable bonds is 12. The number of allylic oxidation sites excluding steroid dienone is 1. The van der Waals surface area contributed by atoms with Crippen LogP contribution in [0.1, 0.15) is 77.7 Å². The lowest BCUT2D eigenvalue weighted by molar-refractivity contribution is -0.320. The number of aliphatic hydroxyl groups excluding tert-OH is 1. The molecule has 8 nitrogen and oxygen atoms in total. The van der Waals surface area contributed by atoms with Gasteiger partial charge in [-0.3, -0.25) is 4.79 Å². The average Bonchev–Trinajstić information content (AvgIpc) is 3.37. The molecule has 7 atom stereocenters. The number of aliphatic hydroxyl groups is 1. The number of fused-ring (bicyclic) bond motifs is 2. The van der Waals surface area contributed by atoms with Crippen molar-refractivity contribution in [1.29, 1.82) is 0 Å². The molecule has 1 aliphatic heterocycles. The molecule has 9 heteroatoms. The van der Waals surface area contributed by atoms with E-state index in [0.717, 1.165) is 24.0 Å². The van der Waals surface area contributed by atoms with E-state index in [-0.39, 0.29) is 42.0 Å². The van der Waals surface area contributed by atoms with Crippen LogP contribution in [0.25, 0.3) is 0 Å². The highest BCUT2D eigenvalue weighted by atomic mass is 28.4. The molecule has 2 aromatic carbocycles. The molecular weight excluding hydrogens is 637 g/mol. The molecule has 5 rings (SSSR count). The predicted octanol–water partition coefficient (Wildman–Crippen LogP) is 7.77. The molecule has 3 aliphatic rings. The molecular formula is C40H58O8Si. The van der Waals surface area contributed by atoms with E-state index in [2.05, 4.69) is 53.8 Å². The Morgan fingerprint density at radius 2 is 1.69 bits per heavy atom. The molecule has 0 spiro atoms. The van der Waals surface area contributed by atoms with E-state index in [0.29, 0.717) is 19.6 Å². The second kappa shape index (κ2) is 15.6. The third kappa shape index (κ3) is 8.31. The van der Waals surface area contributed by atoms with Gasteiger partial charge in [0.1, 0.15) is 24.6 Å². The number of hydrogen-bond acceptors (Lipinski definition) is 8. The van der Waals surface area contributed by atoms with Crippen molar-refractivity contribution in [2.45, 2.75) is 115 Å². The quantitative estimate of drug-likeness (QED) is 0.137. The summed E-state index contributed by atoms with van der Waals surface area (Å²) in [7, 11) is -0.519. The van der Waals surface area contributed by atoms with Gasteiger partial charge in [-0.1, -0.05) is 107 Å². The molecule has 2 aliphatic carbocycles. The van der Waals surface area contributed by atoms with Crippen LogP contribution in [-0.4, -0.2) is 70.2 Å². The normalized spacial score (nSPS) is 31.8. The number of benzene rings is 2. The Morgan fingerprint density at radius 3 is 2.35 bits per heavy atom. The average molecular weight is 695 g/mol. The minimum absolute atomic E-state index is 0.0127.